The molecule has 0 fully saturated rings. The van der Waals surface area contributed by atoms with Gasteiger partial charge >= 0.3 is 0 Å². The number of carbonyl (C=O) groups is 1. The van der Waals surface area contributed by atoms with Gasteiger partial charge in [-0.05, 0) is 18.9 Å². The van der Waals surface area contributed by atoms with Crippen LogP contribution in [-0.2, 0) is 18.3 Å². The van der Waals surface area contributed by atoms with Crippen molar-refractivity contribution in [2.45, 2.75) is 39.2 Å². The maximum absolute atomic E-state index is 12.1. The first-order chi connectivity index (χ1) is 10.1. The lowest BCUT2D eigenvalue weighted by Crippen LogP contribution is -2.35. The highest BCUT2D eigenvalue weighted by atomic mass is 16.1. The standard InChI is InChI=1S/C16H21N3O2/c1-4-11(5-2)17-15(20)10-14-12-8-6-7-9-13(12)16(21)19(3)18-14/h6-9,11H,4-5,10H2,1-3H3,(H,17,20). The van der Waals surface area contributed by atoms with Crippen LogP contribution in [0.5, 0.6) is 0 Å². The van der Waals surface area contributed by atoms with Crippen LogP contribution in [0, 0.1) is 0 Å². The van der Waals surface area contributed by atoms with Gasteiger partial charge in [0, 0.05) is 18.5 Å². The summed E-state index contributed by atoms with van der Waals surface area (Å²) in [5.74, 6) is -0.0556. The minimum absolute atomic E-state index is 0.0556. The van der Waals surface area contributed by atoms with Crippen molar-refractivity contribution in [2.24, 2.45) is 7.05 Å². The lowest BCUT2D eigenvalue weighted by atomic mass is 10.1. The first-order valence-electron chi connectivity index (χ1n) is 7.31. The van der Waals surface area contributed by atoms with Crippen molar-refractivity contribution >= 4 is 16.7 Å². The van der Waals surface area contributed by atoms with Gasteiger partial charge in [-0.15, -0.1) is 0 Å². The smallest absolute Gasteiger partial charge is 0.274 e. The molecule has 0 radical (unpaired) electrons. The number of rotatable bonds is 5. The molecule has 21 heavy (non-hydrogen) atoms. The Morgan fingerprint density at radius 1 is 1.24 bits per heavy atom. The summed E-state index contributed by atoms with van der Waals surface area (Å²) in [5.41, 5.74) is 0.492. The summed E-state index contributed by atoms with van der Waals surface area (Å²) in [6.45, 7) is 4.10. The molecule has 2 rings (SSSR count). The van der Waals surface area contributed by atoms with E-state index in [1.807, 2.05) is 32.0 Å². The highest BCUT2D eigenvalue weighted by Gasteiger charge is 2.14. The third-order valence-electron chi connectivity index (χ3n) is 3.71. The lowest BCUT2D eigenvalue weighted by Gasteiger charge is -2.15. The minimum Gasteiger partial charge on any atom is -0.353 e. The molecule has 0 unspecified atom stereocenters. The van der Waals surface area contributed by atoms with E-state index >= 15 is 0 Å². The number of hydrogen-bond acceptors (Lipinski definition) is 3. The van der Waals surface area contributed by atoms with E-state index in [1.165, 1.54) is 4.68 Å². The van der Waals surface area contributed by atoms with Gasteiger partial charge in [0.05, 0.1) is 17.5 Å². The maximum Gasteiger partial charge on any atom is 0.274 e. The van der Waals surface area contributed by atoms with Crippen molar-refractivity contribution in [3.8, 4) is 0 Å². The van der Waals surface area contributed by atoms with Crippen LogP contribution in [0.15, 0.2) is 29.1 Å². The van der Waals surface area contributed by atoms with Gasteiger partial charge in [-0.25, -0.2) is 4.68 Å². The summed E-state index contributed by atoms with van der Waals surface area (Å²) in [6, 6.07) is 7.46. The summed E-state index contributed by atoms with van der Waals surface area (Å²) in [6.07, 6.45) is 2.00. The molecule has 1 amide bonds. The number of carbonyl (C=O) groups excluding carboxylic acids is 1. The Morgan fingerprint density at radius 2 is 1.86 bits per heavy atom. The van der Waals surface area contributed by atoms with E-state index in [9.17, 15) is 9.59 Å². The maximum atomic E-state index is 12.1. The van der Waals surface area contributed by atoms with Crippen LogP contribution in [0.4, 0.5) is 0 Å². The molecule has 112 valence electrons. The Kier molecular flexibility index (Phi) is 4.73. The molecule has 0 saturated heterocycles. The quantitative estimate of drug-likeness (QED) is 0.911. The number of benzene rings is 1. The third-order valence-corrected chi connectivity index (χ3v) is 3.71. The largest absolute Gasteiger partial charge is 0.353 e. The van der Waals surface area contributed by atoms with Crippen molar-refractivity contribution in [3.63, 3.8) is 0 Å². The molecule has 1 aromatic heterocycles. The van der Waals surface area contributed by atoms with Crippen LogP contribution in [-0.4, -0.2) is 21.7 Å². The molecule has 0 aliphatic rings. The third kappa shape index (κ3) is 3.29. The van der Waals surface area contributed by atoms with Crippen LogP contribution < -0.4 is 10.9 Å². The fourth-order valence-corrected chi connectivity index (χ4v) is 2.43. The first-order valence-corrected chi connectivity index (χ1v) is 7.31. The minimum atomic E-state index is -0.144. The van der Waals surface area contributed by atoms with Crippen LogP contribution >= 0.6 is 0 Å². The van der Waals surface area contributed by atoms with Gasteiger partial charge in [-0.1, -0.05) is 32.0 Å². The van der Waals surface area contributed by atoms with E-state index in [-0.39, 0.29) is 23.9 Å². The fraction of sp³-hybridized carbons (Fsp3) is 0.438. The number of amides is 1. The SMILES string of the molecule is CCC(CC)NC(=O)Cc1nn(C)c(=O)c2ccccc12. The van der Waals surface area contributed by atoms with Crippen molar-refractivity contribution in [3.05, 3.63) is 40.3 Å². The van der Waals surface area contributed by atoms with E-state index in [4.69, 9.17) is 0 Å². The molecule has 0 spiro atoms. The highest BCUT2D eigenvalue weighted by molar-refractivity contribution is 5.88. The molecule has 1 heterocycles. The molecule has 0 aliphatic carbocycles. The van der Waals surface area contributed by atoms with Gasteiger partial charge in [-0.3, -0.25) is 9.59 Å². The van der Waals surface area contributed by atoms with Crippen LogP contribution in [0.1, 0.15) is 32.4 Å². The topological polar surface area (TPSA) is 64.0 Å². The van der Waals surface area contributed by atoms with Crippen molar-refractivity contribution in [1.82, 2.24) is 15.1 Å². The van der Waals surface area contributed by atoms with Gasteiger partial charge in [0.1, 0.15) is 0 Å². The summed E-state index contributed by atoms with van der Waals surface area (Å²) in [7, 11) is 1.61. The Morgan fingerprint density at radius 3 is 2.48 bits per heavy atom. The van der Waals surface area contributed by atoms with Crippen LogP contribution in [0.2, 0.25) is 0 Å². The lowest BCUT2D eigenvalue weighted by molar-refractivity contribution is -0.121. The van der Waals surface area contributed by atoms with Crippen LogP contribution in [0.25, 0.3) is 10.8 Å². The number of nitrogens with one attached hydrogen (secondary N) is 1. The summed E-state index contributed by atoms with van der Waals surface area (Å²) >= 11 is 0. The summed E-state index contributed by atoms with van der Waals surface area (Å²) in [4.78, 5) is 24.2. The van der Waals surface area contributed by atoms with Crippen LogP contribution in [0.3, 0.4) is 0 Å². The van der Waals surface area contributed by atoms with E-state index in [2.05, 4.69) is 10.4 Å². The predicted octanol–water partition coefficient (Wildman–Crippen LogP) is 1.78. The van der Waals surface area contributed by atoms with Gasteiger partial charge in [0.15, 0.2) is 0 Å². The second-order valence-electron chi connectivity index (χ2n) is 5.18. The number of fused-ring (bicyclic) bond motifs is 1. The monoisotopic (exact) mass is 287 g/mol. The second-order valence-corrected chi connectivity index (χ2v) is 5.18. The zero-order valence-electron chi connectivity index (χ0n) is 12.7. The zero-order chi connectivity index (χ0) is 15.4. The number of aryl methyl sites for hydroxylation is 1. The molecule has 0 aliphatic heterocycles. The molecule has 1 aromatic carbocycles. The van der Waals surface area contributed by atoms with E-state index in [0.29, 0.717) is 11.1 Å². The molecule has 5 heteroatoms. The van der Waals surface area contributed by atoms with Crippen molar-refractivity contribution in [1.29, 1.82) is 0 Å². The molecule has 5 nitrogen and oxygen atoms in total. The molecule has 0 atom stereocenters. The first kappa shape index (κ1) is 15.2. The summed E-state index contributed by atoms with van der Waals surface area (Å²) < 4.78 is 1.29. The molecule has 1 N–H and O–H groups in total. The van der Waals surface area contributed by atoms with E-state index in [1.54, 1.807) is 13.1 Å². The Balaban J connectivity index is 2.33. The Labute approximate surface area is 124 Å². The van der Waals surface area contributed by atoms with Crippen molar-refractivity contribution in [2.75, 3.05) is 0 Å². The van der Waals surface area contributed by atoms with Crippen molar-refractivity contribution < 1.29 is 4.79 Å². The zero-order valence-corrected chi connectivity index (χ0v) is 12.7. The Bertz CT molecular complexity index is 702. The Hall–Kier alpha value is -2.17. The molecular weight excluding hydrogens is 266 g/mol. The number of nitrogens with zero attached hydrogens (tertiary/aromatic N) is 2. The van der Waals surface area contributed by atoms with Gasteiger partial charge in [-0.2, -0.15) is 5.10 Å². The predicted molar refractivity (Wildman–Crippen MR) is 83.2 cm³/mol. The highest BCUT2D eigenvalue weighted by Crippen LogP contribution is 2.13. The van der Waals surface area contributed by atoms with E-state index < -0.39 is 0 Å². The average Bonchev–Trinajstić information content (AvgIpc) is 2.50. The molecular formula is C16H21N3O2. The molecule has 2 aromatic rings. The number of hydrogen-bond donors (Lipinski definition) is 1. The van der Waals surface area contributed by atoms with Gasteiger partial charge in [0.2, 0.25) is 5.91 Å². The number of aromatic nitrogens is 2. The molecule has 0 saturated carbocycles. The van der Waals surface area contributed by atoms with Gasteiger partial charge < -0.3 is 5.32 Å². The fourth-order valence-electron chi connectivity index (χ4n) is 2.43. The average molecular weight is 287 g/mol. The van der Waals surface area contributed by atoms with E-state index in [0.717, 1.165) is 18.2 Å². The summed E-state index contributed by atoms with van der Waals surface area (Å²) in [5, 5.41) is 8.59. The van der Waals surface area contributed by atoms with Gasteiger partial charge in [0.25, 0.3) is 5.56 Å². The normalized spacial score (nSPS) is 11.0. The second kappa shape index (κ2) is 6.52. The molecule has 0 bridgehead atoms.